The summed E-state index contributed by atoms with van der Waals surface area (Å²) in [5.41, 5.74) is 1.15. The second kappa shape index (κ2) is 9.69. The van der Waals surface area contributed by atoms with Crippen LogP contribution in [0.1, 0.15) is 31.9 Å². The minimum absolute atomic E-state index is 0.0763. The Labute approximate surface area is 177 Å². The van der Waals surface area contributed by atoms with Gasteiger partial charge in [0, 0.05) is 17.8 Å². The molecule has 2 aromatic rings. The summed E-state index contributed by atoms with van der Waals surface area (Å²) in [5.74, 6) is -0.600. The van der Waals surface area contributed by atoms with Crippen LogP contribution >= 0.6 is 0 Å². The van der Waals surface area contributed by atoms with Crippen molar-refractivity contribution in [3.63, 3.8) is 0 Å². The number of hydrogen-bond donors (Lipinski definition) is 3. The Hall–Kier alpha value is -2.97. The molecule has 2 aromatic carbocycles. The Morgan fingerprint density at radius 3 is 2.43 bits per heavy atom. The molecule has 0 saturated carbocycles. The maximum Gasteiger partial charge on any atom is 0.247 e. The van der Waals surface area contributed by atoms with Crippen molar-refractivity contribution in [3.05, 3.63) is 72.3 Å². The highest BCUT2D eigenvalue weighted by molar-refractivity contribution is 7.89. The molecule has 160 valence electrons. The third-order valence-corrected chi connectivity index (χ3v) is 5.78. The quantitative estimate of drug-likeness (QED) is 0.561. The van der Waals surface area contributed by atoms with Crippen LogP contribution < -0.4 is 15.4 Å². The number of carbonyl (C=O) groups is 2. The van der Waals surface area contributed by atoms with Gasteiger partial charge in [0.25, 0.3) is 0 Å². The van der Waals surface area contributed by atoms with Gasteiger partial charge in [-0.2, -0.15) is 0 Å². The number of sulfonamides is 1. The van der Waals surface area contributed by atoms with Crippen molar-refractivity contribution in [1.29, 1.82) is 0 Å². The summed E-state index contributed by atoms with van der Waals surface area (Å²) in [4.78, 5) is 23.9. The fourth-order valence-electron chi connectivity index (χ4n) is 2.76. The summed E-state index contributed by atoms with van der Waals surface area (Å²) in [5, 5.41) is 5.40. The van der Waals surface area contributed by atoms with Crippen LogP contribution in [0.15, 0.2) is 66.1 Å². The second-order valence-electron chi connectivity index (χ2n) is 7.81. The highest BCUT2D eigenvalue weighted by atomic mass is 32.2. The van der Waals surface area contributed by atoms with Crippen LogP contribution in [0.5, 0.6) is 0 Å². The zero-order valence-electron chi connectivity index (χ0n) is 17.4. The lowest BCUT2D eigenvalue weighted by Crippen LogP contribution is -2.41. The third kappa shape index (κ3) is 7.13. The largest absolute Gasteiger partial charge is 0.352 e. The van der Waals surface area contributed by atoms with E-state index in [-0.39, 0.29) is 29.7 Å². The van der Waals surface area contributed by atoms with Gasteiger partial charge in [0.05, 0.1) is 11.3 Å². The van der Waals surface area contributed by atoms with E-state index in [2.05, 4.69) is 21.9 Å². The zero-order valence-corrected chi connectivity index (χ0v) is 18.2. The van der Waals surface area contributed by atoms with E-state index in [1.807, 2.05) is 0 Å². The fraction of sp³-hybridized carbons (Fsp3) is 0.273. The van der Waals surface area contributed by atoms with Crippen LogP contribution in [-0.4, -0.2) is 25.8 Å². The van der Waals surface area contributed by atoms with Gasteiger partial charge in [0.2, 0.25) is 21.8 Å². The van der Waals surface area contributed by atoms with E-state index in [4.69, 9.17) is 0 Å². The smallest absolute Gasteiger partial charge is 0.247 e. The van der Waals surface area contributed by atoms with Gasteiger partial charge in [-0.1, -0.05) is 36.9 Å². The lowest BCUT2D eigenvalue weighted by Gasteiger charge is -2.21. The van der Waals surface area contributed by atoms with Crippen molar-refractivity contribution < 1.29 is 18.0 Å². The van der Waals surface area contributed by atoms with Crippen LogP contribution in [0.3, 0.4) is 0 Å². The molecule has 0 atom stereocenters. The molecule has 0 unspecified atom stereocenters. The SMILES string of the molecule is C=CC(=O)Nc1cccc(CC(=O)NCc2ccccc2S(=O)(=O)NC(C)(C)C)c1. The number of carbonyl (C=O) groups excluding carboxylic acids is 2. The van der Waals surface area contributed by atoms with Gasteiger partial charge in [-0.3, -0.25) is 9.59 Å². The molecule has 0 bridgehead atoms. The highest BCUT2D eigenvalue weighted by Crippen LogP contribution is 2.18. The van der Waals surface area contributed by atoms with Crippen molar-refractivity contribution in [2.24, 2.45) is 0 Å². The summed E-state index contributed by atoms with van der Waals surface area (Å²) in [6, 6.07) is 13.5. The van der Waals surface area contributed by atoms with E-state index in [1.54, 1.807) is 63.2 Å². The van der Waals surface area contributed by atoms with Crippen LogP contribution in [-0.2, 0) is 32.6 Å². The molecule has 2 rings (SSSR count). The van der Waals surface area contributed by atoms with E-state index < -0.39 is 15.6 Å². The third-order valence-electron chi connectivity index (χ3n) is 3.92. The normalized spacial score (nSPS) is 11.6. The predicted octanol–water partition coefficient (Wildman–Crippen LogP) is 2.75. The minimum Gasteiger partial charge on any atom is -0.352 e. The average Bonchev–Trinajstić information content (AvgIpc) is 2.65. The summed E-state index contributed by atoms with van der Waals surface area (Å²) < 4.78 is 28.0. The van der Waals surface area contributed by atoms with Gasteiger partial charge in [0.15, 0.2) is 0 Å². The van der Waals surface area contributed by atoms with E-state index in [1.165, 1.54) is 12.1 Å². The number of amides is 2. The van der Waals surface area contributed by atoms with E-state index in [0.717, 1.165) is 0 Å². The Bertz CT molecular complexity index is 1040. The van der Waals surface area contributed by atoms with E-state index in [0.29, 0.717) is 16.8 Å². The van der Waals surface area contributed by atoms with Crippen LogP contribution in [0.4, 0.5) is 5.69 Å². The molecular formula is C22H27N3O4S. The molecule has 0 radical (unpaired) electrons. The molecule has 7 nitrogen and oxygen atoms in total. The molecule has 8 heteroatoms. The van der Waals surface area contributed by atoms with Gasteiger partial charge in [0.1, 0.15) is 0 Å². The number of anilines is 1. The zero-order chi connectivity index (χ0) is 22.4. The summed E-state index contributed by atoms with van der Waals surface area (Å²) >= 11 is 0. The minimum atomic E-state index is -3.72. The fourth-order valence-corrected chi connectivity index (χ4v) is 4.42. The highest BCUT2D eigenvalue weighted by Gasteiger charge is 2.24. The Morgan fingerprint density at radius 1 is 1.07 bits per heavy atom. The first-order valence-electron chi connectivity index (χ1n) is 9.41. The lowest BCUT2D eigenvalue weighted by molar-refractivity contribution is -0.120. The standard InChI is InChI=1S/C22H27N3O4S/c1-5-20(26)24-18-11-8-9-16(13-18)14-21(27)23-15-17-10-6-7-12-19(17)30(28,29)25-22(2,3)4/h5-13,25H,1,14-15H2,2-4H3,(H,23,27)(H,24,26). The molecule has 0 aliphatic heterocycles. The van der Waals surface area contributed by atoms with Crippen molar-refractivity contribution in [2.45, 2.75) is 44.2 Å². The molecule has 0 aliphatic carbocycles. The molecule has 3 N–H and O–H groups in total. The maximum atomic E-state index is 12.7. The predicted molar refractivity (Wildman–Crippen MR) is 117 cm³/mol. The molecular weight excluding hydrogens is 402 g/mol. The summed E-state index contributed by atoms with van der Waals surface area (Å²) in [6.45, 7) is 8.77. The van der Waals surface area contributed by atoms with Gasteiger partial charge in [-0.15, -0.1) is 0 Å². The number of rotatable bonds is 8. The number of nitrogens with one attached hydrogen (secondary N) is 3. The van der Waals surface area contributed by atoms with Crippen LogP contribution in [0, 0.1) is 0 Å². The van der Waals surface area contributed by atoms with Crippen molar-refractivity contribution in [1.82, 2.24) is 10.0 Å². The van der Waals surface area contributed by atoms with Gasteiger partial charge >= 0.3 is 0 Å². The Balaban J connectivity index is 2.07. The van der Waals surface area contributed by atoms with Crippen LogP contribution in [0.2, 0.25) is 0 Å². The molecule has 0 aliphatic rings. The summed E-state index contributed by atoms with van der Waals surface area (Å²) in [6.07, 6.45) is 1.26. The van der Waals surface area contributed by atoms with Gasteiger partial charge < -0.3 is 10.6 Å². The van der Waals surface area contributed by atoms with Crippen molar-refractivity contribution in [2.75, 3.05) is 5.32 Å². The first-order valence-corrected chi connectivity index (χ1v) is 10.9. The monoisotopic (exact) mass is 429 g/mol. The Morgan fingerprint density at radius 2 is 1.77 bits per heavy atom. The molecule has 2 amide bonds. The molecule has 0 saturated heterocycles. The number of benzene rings is 2. The molecule has 0 fully saturated rings. The van der Waals surface area contributed by atoms with Crippen LogP contribution in [0.25, 0.3) is 0 Å². The maximum absolute atomic E-state index is 12.7. The molecule has 30 heavy (non-hydrogen) atoms. The topological polar surface area (TPSA) is 104 Å². The number of hydrogen-bond acceptors (Lipinski definition) is 4. The van der Waals surface area contributed by atoms with Crippen molar-refractivity contribution in [3.8, 4) is 0 Å². The van der Waals surface area contributed by atoms with E-state index in [9.17, 15) is 18.0 Å². The molecule has 0 spiro atoms. The molecule has 0 aromatic heterocycles. The second-order valence-corrected chi connectivity index (χ2v) is 9.46. The lowest BCUT2D eigenvalue weighted by atomic mass is 10.1. The first-order chi connectivity index (χ1) is 14.0. The Kier molecular flexibility index (Phi) is 7.53. The first kappa shape index (κ1) is 23.3. The van der Waals surface area contributed by atoms with Crippen molar-refractivity contribution >= 4 is 27.5 Å². The molecule has 0 heterocycles. The van der Waals surface area contributed by atoms with E-state index >= 15 is 0 Å². The van der Waals surface area contributed by atoms with Gasteiger partial charge in [-0.25, -0.2) is 13.1 Å². The summed E-state index contributed by atoms with van der Waals surface area (Å²) in [7, 11) is -3.72. The average molecular weight is 430 g/mol. The van der Waals surface area contributed by atoms with Gasteiger partial charge in [-0.05, 0) is 56.2 Å².